The van der Waals surface area contributed by atoms with Crippen molar-refractivity contribution in [2.75, 3.05) is 31.1 Å². The molecule has 1 aliphatic rings. The lowest BCUT2D eigenvalue weighted by atomic mass is 10.1. The maximum atomic E-state index is 12.2. The lowest BCUT2D eigenvalue weighted by Crippen LogP contribution is -2.53. The van der Waals surface area contributed by atoms with Gasteiger partial charge in [-0.05, 0) is 18.6 Å². The monoisotopic (exact) mass is 326 g/mol. The highest BCUT2D eigenvalue weighted by Gasteiger charge is 2.25. The number of carboxylic acids is 1. The Balaban J connectivity index is 1.84. The van der Waals surface area contributed by atoms with Crippen molar-refractivity contribution in [1.82, 2.24) is 9.88 Å². The van der Waals surface area contributed by atoms with Crippen molar-refractivity contribution in [2.24, 2.45) is 5.73 Å². The Kier molecular flexibility index (Phi) is 5.57. The Morgan fingerprint density at radius 1 is 1.32 bits per heavy atom. The number of anilines is 1. The Bertz CT molecular complexity index is 529. The largest absolute Gasteiger partial charge is 0.481 e. The number of pyridine rings is 1. The second-order valence-electron chi connectivity index (χ2n) is 5.19. The summed E-state index contributed by atoms with van der Waals surface area (Å²) in [6, 6.07) is 2.87. The Morgan fingerprint density at radius 3 is 2.55 bits per heavy atom. The van der Waals surface area contributed by atoms with Gasteiger partial charge >= 0.3 is 5.97 Å². The summed E-state index contributed by atoms with van der Waals surface area (Å²) in [5.41, 5.74) is 5.76. The SMILES string of the molecule is N[C@@H](CCC(=O)O)C(=O)N1CCN(c2ccc(Cl)cn2)CC1. The first-order chi connectivity index (χ1) is 10.5. The first-order valence-electron chi connectivity index (χ1n) is 7.10. The smallest absolute Gasteiger partial charge is 0.303 e. The number of halogens is 1. The molecule has 3 N–H and O–H groups in total. The van der Waals surface area contributed by atoms with Crippen LogP contribution in [0.4, 0.5) is 5.82 Å². The van der Waals surface area contributed by atoms with Gasteiger partial charge in [0.15, 0.2) is 0 Å². The van der Waals surface area contributed by atoms with Crippen LogP contribution in [0.5, 0.6) is 0 Å². The molecule has 1 aromatic rings. The number of nitrogens with two attached hydrogens (primary N) is 1. The van der Waals surface area contributed by atoms with E-state index in [9.17, 15) is 9.59 Å². The summed E-state index contributed by atoms with van der Waals surface area (Å²) >= 11 is 5.81. The molecule has 0 unspecified atom stereocenters. The van der Waals surface area contributed by atoms with E-state index in [0.29, 0.717) is 31.2 Å². The van der Waals surface area contributed by atoms with Crippen LogP contribution in [-0.2, 0) is 9.59 Å². The Hall–Kier alpha value is -1.86. The van der Waals surface area contributed by atoms with Crippen molar-refractivity contribution in [3.05, 3.63) is 23.4 Å². The lowest BCUT2D eigenvalue weighted by Gasteiger charge is -2.36. The van der Waals surface area contributed by atoms with Gasteiger partial charge in [0.05, 0.1) is 11.1 Å². The van der Waals surface area contributed by atoms with Crippen LogP contribution in [0, 0.1) is 0 Å². The van der Waals surface area contributed by atoms with Gasteiger partial charge in [0.1, 0.15) is 5.82 Å². The van der Waals surface area contributed by atoms with Gasteiger partial charge in [-0.15, -0.1) is 0 Å². The summed E-state index contributed by atoms with van der Waals surface area (Å²) < 4.78 is 0. The number of carbonyl (C=O) groups is 2. The van der Waals surface area contributed by atoms with E-state index in [0.717, 1.165) is 5.82 Å². The van der Waals surface area contributed by atoms with E-state index in [1.807, 2.05) is 6.07 Å². The average Bonchev–Trinajstić information content (AvgIpc) is 2.53. The fourth-order valence-corrected chi connectivity index (χ4v) is 2.46. The number of carboxylic acid groups (broad SMARTS) is 1. The van der Waals surface area contributed by atoms with Crippen LogP contribution in [0.3, 0.4) is 0 Å². The number of aromatic nitrogens is 1. The molecule has 7 nitrogen and oxygen atoms in total. The van der Waals surface area contributed by atoms with Crippen molar-refractivity contribution >= 4 is 29.3 Å². The minimum absolute atomic E-state index is 0.0957. The predicted molar refractivity (Wildman–Crippen MR) is 82.9 cm³/mol. The van der Waals surface area contributed by atoms with E-state index in [2.05, 4.69) is 9.88 Å². The number of piperazine rings is 1. The van der Waals surface area contributed by atoms with E-state index in [1.165, 1.54) is 0 Å². The first-order valence-corrected chi connectivity index (χ1v) is 7.48. The van der Waals surface area contributed by atoms with E-state index >= 15 is 0 Å². The molecule has 0 aromatic carbocycles. The number of amides is 1. The predicted octanol–water partition coefficient (Wildman–Crippen LogP) is 0.576. The van der Waals surface area contributed by atoms with Gasteiger partial charge < -0.3 is 20.6 Å². The van der Waals surface area contributed by atoms with Crippen molar-refractivity contribution in [3.63, 3.8) is 0 Å². The molecular formula is C14H19ClN4O3. The standard InChI is InChI=1S/C14H19ClN4O3/c15-10-1-3-12(17-9-10)18-5-7-19(8-6-18)14(22)11(16)2-4-13(20)21/h1,3,9,11H,2,4-8,16H2,(H,20,21)/t11-/m0/s1. The number of carbonyl (C=O) groups excluding carboxylic acids is 1. The van der Waals surface area contributed by atoms with Gasteiger partial charge in [-0.25, -0.2) is 4.98 Å². The molecule has 22 heavy (non-hydrogen) atoms. The second-order valence-corrected chi connectivity index (χ2v) is 5.62. The highest BCUT2D eigenvalue weighted by Crippen LogP contribution is 2.16. The normalized spacial score (nSPS) is 16.5. The van der Waals surface area contributed by atoms with Crippen LogP contribution in [0.25, 0.3) is 0 Å². The third kappa shape index (κ3) is 4.32. The van der Waals surface area contributed by atoms with Crippen molar-refractivity contribution in [1.29, 1.82) is 0 Å². The minimum Gasteiger partial charge on any atom is -0.481 e. The molecule has 2 heterocycles. The molecule has 1 aromatic heterocycles. The summed E-state index contributed by atoms with van der Waals surface area (Å²) in [4.78, 5) is 30.7. The molecule has 0 radical (unpaired) electrons. The van der Waals surface area contributed by atoms with E-state index in [4.69, 9.17) is 22.4 Å². The molecule has 120 valence electrons. The van der Waals surface area contributed by atoms with Crippen LogP contribution in [0.1, 0.15) is 12.8 Å². The van der Waals surface area contributed by atoms with Gasteiger partial charge in [-0.3, -0.25) is 9.59 Å². The first kappa shape index (κ1) is 16.5. The third-order valence-electron chi connectivity index (χ3n) is 3.61. The number of aliphatic carboxylic acids is 1. The van der Waals surface area contributed by atoms with Crippen molar-refractivity contribution < 1.29 is 14.7 Å². The third-order valence-corrected chi connectivity index (χ3v) is 3.84. The maximum absolute atomic E-state index is 12.2. The number of nitrogens with zero attached hydrogens (tertiary/aromatic N) is 3. The zero-order chi connectivity index (χ0) is 16.1. The Morgan fingerprint density at radius 2 is 2.00 bits per heavy atom. The molecule has 1 fully saturated rings. The summed E-state index contributed by atoms with van der Waals surface area (Å²) in [6.07, 6.45) is 1.66. The minimum atomic E-state index is -0.943. The molecule has 0 bridgehead atoms. The van der Waals surface area contributed by atoms with Crippen LogP contribution in [0.15, 0.2) is 18.3 Å². The molecule has 0 aliphatic carbocycles. The lowest BCUT2D eigenvalue weighted by molar-refractivity contribution is -0.137. The summed E-state index contributed by atoms with van der Waals surface area (Å²) in [7, 11) is 0. The quantitative estimate of drug-likeness (QED) is 0.821. The summed E-state index contributed by atoms with van der Waals surface area (Å²) in [5.74, 6) is -0.307. The molecule has 0 spiro atoms. The van der Waals surface area contributed by atoms with Gasteiger partial charge in [-0.1, -0.05) is 11.6 Å². The molecule has 1 aliphatic heterocycles. The fourth-order valence-electron chi connectivity index (χ4n) is 2.35. The van der Waals surface area contributed by atoms with Crippen molar-refractivity contribution in [2.45, 2.75) is 18.9 Å². The fraction of sp³-hybridized carbons (Fsp3) is 0.500. The molecule has 1 saturated heterocycles. The van der Waals surface area contributed by atoms with Crippen LogP contribution < -0.4 is 10.6 Å². The molecule has 8 heteroatoms. The average molecular weight is 327 g/mol. The zero-order valence-electron chi connectivity index (χ0n) is 12.1. The maximum Gasteiger partial charge on any atom is 0.303 e. The van der Waals surface area contributed by atoms with Gasteiger partial charge in [-0.2, -0.15) is 0 Å². The van der Waals surface area contributed by atoms with Gasteiger partial charge in [0.25, 0.3) is 0 Å². The van der Waals surface area contributed by atoms with Gasteiger partial charge in [0.2, 0.25) is 5.91 Å². The van der Waals surface area contributed by atoms with Crippen LogP contribution >= 0.6 is 11.6 Å². The van der Waals surface area contributed by atoms with Crippen LogP contribution in [0.2, 0.25) is 5.02 Å². The topological polar surface area (TPSA) is 99.8 Å². The number of rotatable bonds is 5. The molecular weight excluding hydrogens is 308 g/mol. The summed E-state index contributed by atoms with van der Waals surface area (Å²) in [5, 5.41) is 9.22. The summed E-state index contributed by atoms with van der Waals surface area (Å²) in [6.45, 7) is 2.41. The van der Waals surface area contributed by atoms with Gasteiger partial charge in [0, 0.05) is 38.8 Å². The number of hydrogen-bond donors (Lipinski definition) is 2. The number of hydrogen-bond acceptors (Lipinski definition) is 5. The molecule has 0 saturated carbocycles. The second kappa shape index (κ2) is 7.42. The molecule has 1 atom stereocenters. The Labute approximate surface area is 133 Å². The highest BCUT2D eigenvalue weighted by atomic mass is 35.5. The van der Waals surface area contributed by atoms with E-state index in [1.54, 1.807) is 17.2 Å². The zero-order valence-corrected chi connectivity index (χ0v) is 12.9. The van der Waals surface area contributed by atoms with E-state index in [-0.39, 0.29) is 18.7 Å². The van der Waals surface area contributed by atoms with Crippen LogP contribution in [-0.4, -0.2) is 59.1 Å². The van der Waals surface area contributed by atoms with Crippen molar-refractivity contribution in [3.8, 4) is 0 Å². The molecule has 2 rings (SSSR count). The van der Waals surface area contributed by atoms with E-state index < -0.39 is 12.0 Å². The highest BCUT2D eigenvalue weighted by molar-refractivity contribution is 6.30. The molecule has 1 amide bonds.